The molecule has 5 nitrogen and oxygen atoms in total. The van der Waals surface area contributed by atoms with Gasteiger partial charge in [0.2, 0.25) is 5.91 Å². The Hall–Kier alpha value is -2.44. The molecular formula is C16H9Cl2FN2O3. The van der Waals surface area contributed by atoms with Gasteiger partial charge < -0.3 is 5.32 Å². The molecular weight excluding hydrogens is 358 g/mol. The third kappa shape index (κ3) is 2.86. The van der Waals surface area contributed by atoms with Crippen molar-refractivity contribution in [3.8, 4) is 0 Å². The summed E-state index contributed by atoms with van der Waals surface area (Å²) in [5.74, 6) is -2.63. The molecule has 3 amide bonds. The van der Waals surface area contributed by atoms with Gasteiger partial charge in [-0.1, -0.05) is 35.3 Å². The molecule has 1 aliphatic heterocycles. The van der Waals surface area contributed by atoms with Crippen molar-refractivity contribution in [1.82, 2.24) is 4.90 Å². The maximum atomic E-state index is 13.5. The number of nitrogens with one attached hydrogen (secondary N) is 1. The molecule has 0 fully saturated rings. The summed E-state index contributed by atoms with van der Waals surface area (Å²) in [5, 5.41) is 2.58. The van der Waals surface area contributed by atoms with Crippen molar-refractivity contribution in [2.75, 3.05) is 11.9 Å². The zero-order valence-electron chi connectivity index (χ0n) is 12.0. The number of imide groups is 1. The molecule has 122 valence electrons. The van der Waals surface area contributed by atoms with Crippen molar-refractivity contribution in [3.63, 3.8) is 0 Å². The van der Waals surface area contributed by atoms with Crippen LogP contribution in [-0.2, 0) is 4.79 Å². The first-order valence-corrected chi connectivity index (χ1v) is 7.53. The van der Waals surface area contributed by atoms with Gasteiger partial charge >= 0.3 is 0 Å². The number of carbonyl (C=O) groups is 3. The first kappa shape index (κ1) is 16.4. The lowest BCUT2D eigenvalue weighted by molar-refractivity contribution is -0.116. The van der Waals surface area contributed by atoms with Crippen LogP contribution in [-0.4, -0.2) is 29.2 Å². The van der Waals surface area contributed by atoms with E-state index in [0.717, 1.165) is 4.90 Å². The van der Waals surface area contributed by atoms with Gasteiger partial charge in [0.1, 0.15) is 12.4 Å². The summed E-state index contributed by atoms with van der Waals surface area (Å²) in [6.45, 7) is -0.546. The van der Waals surface area contributed by atoms with E-state index in [2.05, 4.69) is 5.32 Å². The van der Waals surface area contributed by atoms with E-state index < -0.39 is 30.1 Å². The van der Waals surface area contributed by atoms with Gasteiger partial charge in [-0.25, -0.2) is 4.39 Å². The quantitative estimate of drug-likeness (QED) is 0.846. The van der Waals surface area contributed by atoms with E-state index in [-0.39, 0.29) is 26.9 Å². The Morgan fingerprint density at radius 3 is 2.12 bits per heavy atom. The fraction of sp³-hybridized carbons (Fsp3) is 0.0625. The number of benzene rings is 2. The Morgan fingerprint density at radius 1 is 1.04 bits per heavy atom. The zero-order valence-corrected chi connectivity index (χ0v) is 13.5. The molecule has 0 unspecified atom stereocenters. The third-order valence-corrected chi connectivity index (χ3v) is 4.18. The fourth-order valence-corrected chi connectivity index (χ4v) is 2.65. The Balaban J connectivity index is 1.79. The van der Waals surface area contributed by atoms with E-state index in [9.17, 15) is 18.8 Å². The lowest BCUT2D eigenvalue weighted by Crippen LogP contribution is -2.37. The Kier molecular flexibility index (Phi) is 4.26. The minimum absolute atomic E-state index is 0.0369. The molecule has 0 aromatic heterocycles. The smallest absolute Gasteiger partial charge is 0.262 e. The number of anilines is 1. The van der Waals surface area contributed by atoms with Crippen LogP contribution in [0.4, 0.5) is 10.1 Å². The van der Waals surface area contributed by atoms with Crippen LogP contribution in [0.25, 0.3) is 0 Å². The topological polar surface area (TPSA) is 66.5 Å². The summed E-state index contributed by atoms with van der Waals surface area (Å²) < 4.78 is 13.5. The molecule has 2 aromatic rings. The van der Waals surface area contributed by atoms with Crippen molar-refractivity contribution in [2.45, 2.75) is 0 Å². The molecule has 1 aliphatic rings. The summed E-state index contributed by atoms with van der Waals surface area (Å²) in [7, 11) is 0. The van der Waals surface area contributed by atoms with E-state index >= 15 is 0 Å². The van der Waals surface area contributed by atoms with Gasteiger partial charge in [-0.3, -0.25) is 19.3 Å². The Labute approximate surface area is 146 Å². The largest absolute Gasteiger partial charge is 0.322 e. The molecule has 1 heterocycles. The van der Waals surface area contributed by atoms with Crippen LogP contribution in [0.5, 0.6) is 0 Å². The van der Waals surface area contributed by atoms with Gasteiger partial charge in [0, 0.05) is 0 Å². The molecule has 0 spiro atoms. The molecule has 24 heavy (non-hydrogen) atoms. The number of hydrogen-bond donors (Lipinski definition) is 1. The minimum atomic E-state index is -0.702. The molecule has 0 radical (unpaired) electrons. The van der Waals surface area contributed by atoms with E-state index in [1.165, 1.54) is 30.3 Å². The second-order valence-corrected chi connectivity index (χ2v) is 5.85. The van der Waals surface area contributed by atoms with Gasteiger partial charge in [0.25, 0.3) is 11.8 Å². The molecule has 3 rings (SSSR count). The average molecular weight is 367 g/mol. The number of rotatable bonds is 3. The number of halogens is 3. The normalized spacial score (nSPS) is 13.2. The summed E-state index contributed by atoms with van der Waals surface area (Å²) in [6, 6.07) is 8.15. The van der Waals surface area contributed by atoms with Gasteiger partial charge in [-0.2, -0.15) is 0 Å². The second kappa shape index (κ2) is 6.22. The van der Waals surface area contributed by atoms with Crippen LogP contribution in [0.15, 0.2) is 36.4 Å². The number of amides is 3. The fourth-order valence-electron chi connectivity index (χ4n) is 2.32. The summed E-state index contributed by atoms with van der Waals surface area (Å²) in [6.07, 6.45) is 0. The summed E-state index contributed by atoms with van der Waals surface area (Å²) >= 11 is 11.7. The summed E-state index contributed by atoms with van der Waals surface area (Å²) in [5.41, 5.74) is 0.117. The molecule has 1 N–H and O–H groups in total. The van der Waals surface area contributed by atoms with Crippen molar-refractivity contribution < 1.29 is 18.8 Å². The molecule has 0 saturated heterocycles. The highest BCUT2D eigenvalue weighted by Gasteiger charge is 2.37. The molecule has 0 aliphatic carbocycles. The minimum Gasteiger partial charge on any atom is -0.322 e. The monoisotopic (exact) mass is 366 g/mol. The van der Waals surface area contributed by atoms with Crippen molar-refractivity contribution in [1.29, 1.82) is 0 Å². The molecule has 8 heteroatoms. The maximum absolute atomic E-state index is 13.5. The molecule has 0 atom stereocenters. The van der Waals surface area contributed by atoms with Gasteiger partial charge in [0.15, 0.2) is 0 Å². The highest BCUT2D eigenvalue weighted by atomic mass is 35.5. The number of fused-ring (bicyclic) bond motifs is 1. The van der Waals surface area contributed by atoms with Crippen LogP contribution in [0.2, 0.25) is 10.0 Å². The van der Waals surface area contributed by atoms with Gasteiger partial charge in [-0.15, -0.1) is 0 Å². The third-order valence-electron chi connectivity index (χ3n) is 3.46. The maximum Gasteiger partial charge on any atom is 0.262 e. The number of hydrogen-bond acceptors (Lipinski definition) is 3. The number of carbonyl (C=O) groups excluding carboxylic acids is 3. The van der Waals surface area contributed by atoms with E-state index in [0.29, 0.717) is 0 Å². The average Bonchev–Trinajstić information content (AvgIpc) is 2.75. The number of para-hydroxylation sites is 1. The van der Waals surface area contributed by atoms with Crippen LogP contribution in [0.3, 0.4) is 0 Å². The predicted octanol–water partition coefficient (Wildman–Crippen LogP) is 3.37. The zero-order chi connectivity index (χ0) is 17.4. The predicted molar refractivity (Wildman–Crippen MR) is 86.9 cm³/mol. The van der Waals surface area contributed by atoms with Crippen molar-refractivity contribution in [3.05, 3.63) is 63.4 Å². The van der Waals surface area contributed by atoms with Crippen molar-refractivity contribution >= 4 is 46.6 Å². The molecule has 0 saturated carbocycles. The highest BCUT2D eigenvalue weighted by Crippen LogP contribution is 2.31. The van der Waals surface area contributed by atoms with E-state index in [1.807, 2.05) is 0 Å². The Bertz CT molecular complexity index is 845. The Morgan fingerprint density at radius 2 is 1.58 bits per heavy atom. The lowest BCUT2D eigenvalue weighted by atomic mass is 10.1. The molecule has 0 bridgehead atoms. The van der Waals surface area contributed by atoms with E-state index in [1.54, 1.807) is 6.07 Å². The van der Waals surface area contributed by atoms with Gasteiger partial charge in [0.05, 0.1) is 26.9 Å². The highest BCUT2D eigenvalue weighted by molar-refractivity contribution is 6.43. The lowest BCUT2D eigenvalue weighted by Gasteiger charge is -2.13. The summed E-state index contributed by atoms with van der Waals surface area (Å²) in [4.78, 5) is 37.3. The number of nitrogens with zero attached hydrogens (tertiary/aromatic N) is 1. The first-order valence-electron chi connectivity index (χ1n) is 6.78. The van der Waals surface area contributed by atoms with Crippen LogP contribution in [0, 0.1) is 5.82 Å². The molecule has 2 aromatic carbocycles. The SMILES string of the molecule is O=C(CN1C(=O)c2cc(Cl)c(Cl)cc2C1=O)Nc1ccccc1F. The van der Waals surface area contributed by atoms with Gasteiger partial charge in [-0.05, 0) is 24.3 Å². The second-order valence-electron chi connectivity index (χ2n) is 5.04. The standard InChI is InChI=1S/C16H9Cl2FN2O3/c17-10-5-8-9(6-11(10)18)16(24)21(15(8)23)7-14(22)20-13-4-2-1-3-12(13)19/h1-6H,7H2,(H,20,22). The van der Waals surface area contributed by atoms with Crippen molar-refractivity contribution in [2.24, 2.45) is 0 Å². The van der Waals surface area contributed by atoms with Crippen LogP contribution in [0.1, 0.15) is 20.7 Å². The van der Waals surface area contributed by atoms with Crippen LogP contribution < -0.4 is 5.32 Å². The van der Waals surface area contributed by atoms with E-state index in [4.69, 9.17) is 23.2 Å². The van der Waals surface area contributed by atoms with Crippen LogP contribution >= 0.6 is 23.2 Å². The first-order chi connectivity index (χ1) is 11.4.